The summed E-state index contributed by atoms with van der Waals surface area (Å²) in [7, 11) is 0. The molecule has 0 nitrogen and oxygen atoms in total. The van der Waals surface area contributed by atoms with Crippen LogP contribution in [0.5, 0.6) is 0 Å². The molecular formula is C40H36Se2. The van der Waals surface area contributed by atoms with Crippen LogP contribution in [-0.2, 0) is 5.41 Å². The summed E-state index contributed by atoms with van der Waals surface area (Å²) >= 11 is 0.625. The van der Waals surface area contributed by atoms with Crippen molar-refractivity contribution in [2.75, 3.05) is 0 Å². The molecule has 2 saturated carbocycles. The molecule has 208 valence electrons. The molecule has 0 aliphatic heterocycles. The SMILES string of the molecule is CC([Se]c1ccccc1)[C@H]1CC[C@@]2(c3ccccc3)C[C@@]12C([Se]c1ccccc1)=C(c1ccccc1)c1ccccc1. The molecule has 0 radical (unpaired) electrons. The van der Waals surface area contributed by atoms with Crippen LogP contribution in [0.4, 0.5) is 0 Å². The summed E-state index contributed by atoms with van der Waals surface area (Å²) in [6, 6.07) is 56.7. The van der Waals surface area contributed by atoms with Gasteiger partial charge in [0, 0.05) is 0 Å². The molecule has 1 unspecified atom stereocenters. The van der Waals surface area contributed by atoms with Gasteiger partial charge in [0.05, 0.1) is 0 Å². The molecular weight excluding hydrogens is 638 g/mol. The van der Waals surface area contributed by atoms with Gasteiger partial charge in [0.2, 0.25) is 0 Å². The Bertz CT molecular complexity index is 1610. The summed E-state index contributed by atoms with van der Waals surface area (Å²) in [4.78, 5) is 0.655. The molecule has 4 atom stereocenters. The molecule has 0 N–H and O–H groups in total. The summed E-state index contributed by atoms with van der Waals surface area (Å²) in [5.41, 5.74) is 6.10. The van der Waals surface area contributed by atoms with Gasteiger partial charge in [-0.1, -0.05) is 0 Å². The van der Waals surface area contributed by atoms with Crippen LogP contribution >= 0.6 is 0 Å². The second-order valence-electron chi connectivity index (χ2n) is 11.7. The third-order valence-electron chi connectivity index (χ3n) is 9.50. The van der Waals surface area contributed by atoms with Crippen molar-refractivity contribution in [1.82, 2.24) is 0 Å². The molecule has 0 spiro atoms. The van der Waals surface area contributed by atoms with Crippen molar-refractivity contribution < 1.29 is 0 Å². The predicted octanol–water partition coefficient (Wildman–Crippen LogP) is 8.05. The first-order chi connectivity index (χ1) is 20.7. The van der Waals surface area contributed by atoms with Gasteiger partial charge in [0.1, 0.15) is 0 Å². The van der Waals surface area contributed by atoms with E-state index in [9.17, 15) is 0 Å². The van der Waals surface area contributed by atoms with E-state index in [1.807, 2.05) is 0 Å². The van der Waals surface area contributed by atoms with Gasteiger partial charge >= 0.3 is 265 Å². The molecule has 0 amide bonds. The van der Waals surface area contributed by atoms with Crippen molar-refractivity contribution in [1.29, 1.82) is 0 Å². The Morgan fingerprint density at radius 2 is 1.10 bits per heavy atom. The van der Waals surface area contributed by atoms with Crippen LogP contribution in [0.1, 0.15) is 42.9 Å². The zero-order valence-electron chi connectivity index (χ0n) is 24.0. The Balaban J connectivity index is 1.47. The number of hydrogen-bond acceptors (Lipinski definition) is 0. The van der Waals surface area contributed by atoms with Crippen molar-refractivity contribution >= 4 is 44.4 Å². The zero-order valence-corrected chi connectivity index (χ0v) is 27.5. The molecule has 7 rings (SSSR count). The predicted molar refractivity (Wildman–Crippen MR) is 180 cm³/mol. The van der Waals surface area contributed by atoms with Crippen LogP contribution < -0.4 is 8.92 Å². The van der Waals surface area contributed by atoms with Crippen LogP contribution in [0.3, 0.4) is 0 Å². The first-order valence-corrected chi connectivity index (χ1v) is 18.6. The normalized spacial score (nSPS) is 23.1. The van der Waals surface area contributed by atoms with E-state index in [0.717, 1.165) is 0 Å². The molecule has 0 aromatic heterocycles. The van der Waals surface area contributed by atoms with Crippen LogP contribution in [-0.4, -0.2) is 29.9 Å². The minimum absolute atomic E-state index is 0.154. The number of fused-ring (bicyclic) bond motifs is 1. The standard InChI is InChI=1S/C40H36Se2/c1-30(41-34-23-13-5-14-24-34)36-27-28-39(33-21-11-4-12-22-33)29-40(36,39)38(42-35-25-15-6-16-26-35)37(31-17-7-2-8-18-31)32-19-9-3-10-20-32/h2-26,30,36H,27-29H2,1H3/t30?,36-,39+,40+/m1/s1. The number of rotatable bonds is 9. The van der Waals surface area contributed by atoms with Gasteiger partial charge in [-0.25, -0.2) is 0 Å². The van der Waals surface area contributed by atoms with E-state index in [2.05, 4.69) is 159 Å². The van der Waals surface area contributed by atoms with Gasteiger partial charge in [-0.05, 0) is 0 Å². The topological polar surface area (TPSA) is 0 Å². The van der Waals surface area contributed by atoms with Crippen molar-refractivity contribution in [3.8, 4) is 0 Å². The van der Waals surface area contributed by atoms with E-state index in [1.165, 1.54) is 44.9 Å². The molecule has 2 heteroatoms. The molecule has 2 aliphatic carbocycles. The first kappa shape index (κ1) is 27.7. The Kier molecular flexibility index (Phi) is 7.83. The van der Waals surface area contributed by atoms with Crippen LogP contribution in [0.15, 0.2) is 156 Å². The van der Waals surface area contributed by atoms with Crippen LogP contribution in [0.2, 0.25) is 4.82 Å². The van der Waals surface area contributed by atoms with Gasteiger partial charge in [-0.15, -0.1) is 0 Å². The Labute approximate surface area is 263 Å². The average molecular weight is 675 g/mol. The summed E-state index contributed by atoms with van der Waals surface area (Å²) in [6.45, 7) is 2.57. The average Bonchev–Trinajstić information content (AvgIpc) is 3.62. The van der Waals surface area contributed by atoms with Crippen LogP contribution in [0.25, 0.3) is 5.57 Å². The van der Waals surface area contributed by atoms with Gasteiger partial charge in [-0.3, -0.25) is 0 Å². The summed E-state index contributed by atoms with van der Waals surface area (Å²) < 4.78 is 4.70. The second kappa shape index (κ2) is 11.9. The Morgan fingerprint density at radius 3 is 1.64 bits per heavy atom. The van der Waals surface area contributed by atoms with E-state index in [-0.39, 0.29) is 25.8 Å². The van der Waals surface area contributed by atoms with E-state index in [1.54, 1.807) is 10.0 Å². The molecule has 42 heavy (non-hydrogen) atoms. The fourth-order valence-electron chi connectivity index (χ4n) is 7.65. The fraction of sp³-hybridized carbons (Fsp3) is 0.200. The quantitative estimate of drug-likeness (QED) is 0.139. The Hall–Kier alpha value is -3.12. The van der Waals surface area contributed by atoms with Crippen LogP contribution in [0, 0.1) is 11.3 Å². The second-order valence-corrected chi connectivity index (χ2v) is 17.0. The zero-order chi connectivity index (χ0) is 28.4. The molecule has 2 aliphatic rings. The molecule has 0 bridgehead atoms. The van der Waals surface area contributed by atoms with Gasteiger partial charge in [0.25, 0.3) is 0 Å². The maximum atomic E-state index is 2.57. The molecule has 2 fully saturated rings. The van der Waals surface area contributed by atoms with Crippen molar-refractivity contribution in [3.63, 3.8) is 0 Å². The maximum absolute atomic E-state index is 2.57. The minimum atomic E-state index is 0.154. The molecule has 0 saturated heterocycles. The monoisotopic (exact) mass is 676 g/mol. The summed E-state index contributed by atoms with van der Waals surface area (Å²) in [6.07, 6.45) is 3.84. The van der Waals surface area contributed by atoms with Crippen molar-refractivity contribution in [2.45, 2.75) is 36.4 Å². The first-order valence-electron chi connectivity index (χ1n) is 15.1. The van der Waals surface area contributed by atoms with E-state index in [0.29, 0.717) is 25.7 Å². The molecule has 0 heterocycles. The van der Waals surface area contributed by atoms with E-state index in [4.69, 9.17) is 0 Å². The molecule has 5 aromatic rings. The fourth-order valence-corrected chi connectivity index (χ4v) is 13.4. The van der Waals surface area contributed by atoms with Gasteiger partial charge in [-0.2, -0.15) is 0 Å². The van der Waals surface area contributed by atoms with E-state index < -0.39 is 0 Å². The van der Waals surface area contributed by atoms with Crippen molar-refractivity contribution in [3.05, 3.63) is 173 Å². The number of benzene rings is 5. The number of allylic oxidation sites excluding steroid dienone is 1. The van der Waals surface area contributed by atoms with Gasteiger partial charge in [0.15, 0.2) is 0 Å². The van der Waals surface area contributed by atoms with Crippen molar-refractivity contribution in [2.24, 2.45) is 11.3 Å². The third kappa shape index (κ3) is 4.96. The van der Waals surface area contributed by atoms with Gasteiger partial charge < -0.3 is 0 Å². The Morgan fingerprint density at radius 1 is 0.619 bits per heavy atom. The molecule has 5 aromatic carbocycles. The third-order valence-corrected chi connectivity index (χ3v) is 14.8. The number of hydrogen-bond donors (Lipinski definition) is 0. The van der Waals surface area contributed by atoms with E-state index >= 15 is 0 Å². The summed E-state index contributed by atoms with van der Waals surface area (Å²) in [5.74, 6) is 0.654. The summed E-state index contributed by atoms with van der Waals surface area (Å²) in [5, 5.41) is 0.